The molecule has 2 aromatic rings. The van der Waals surface area contributed by atoms with Gasteiger partial charge in [-0.25, -0.2) is 4.98 Å². The first-order valence-corrected chi connectivity index (χ1v) is 4.52. The molecule has 0 amide bonds. The molecule has 0 aliphatic carbocycles. The van der Waals surface area contributed by atoms with Crippen LogP contribution in [0.5, 0.6) is 0 Å². The van der Waals surface area contributed by atoms with Crippen LogP contribution in [0.2, 0.25) is 0 Å². The molecule has 0 fully saturated rings. The summed E-state index contributed by atoms with van der Waals surface area (Å²) in [5, 5.41) is 2.06. The van der Waals surface area contributed by atoms with E-state index in [4.69, 9.17) is 0 Å². The van der Waals surface area contributed by atoms with Gasteiger partial charge < -0.3 is 0 Å². The summed E-state index contributed by atoms with van der Waals surface area (Å²) in [7, 11) is 0. The number of rotatable bonds is 1. The Bertz CT molecular complexity index is 251. The Balaban J connectivity index is 2.48. The van der Waals surface area contributed by atoms with Gasteiger partial charge in [0.15, 0.2) is 5.51 Å². The first kappa shape index (κ1) is 6.07. The second-order valence-corrected chi connectivity index (χ2v) is 3.57. The molecule has 2 rings (SSSR count). The highest BCUT2D eigenvalue weighted by molar-refractivity contribution is 7.19. The lowest BCUT2D eigenvalue weighted by Gasteiger charge is -1.83. The Morgan fingerprint density at radius 1 is 1.40 bits per heavy atom. The summed E-state index contributed by atoms with van der Waals surface area (Å²) < 4.78 is 0. The minimum atomic E-state index is 1.20. The highest BCUT2D eigenvalue weighted by Gasteiger charge is 1.97. The van der Waals surface area contributed by atoms with E-state index < -0.39 is 0 Å². The third-order valence-electron chi connectivity index (χ3n) is 1.15. The molecule has 2 heterocycles. The lowest BCUT2D eigenvalue weighted by atomic mass is 10.4. The van der Waals surface area contributed by atoms with Crippen LogP contribution in [0, 0.1) is 5.51 Å². The zero-order valence-electron chi connectivity index (χ0n) is 5.07. The third-order valence-corrected chi connectivity index (χ3v) is 2.93. The summed E-state index contributed by atoms with van der Waals surface area (Å²) >= 11 is 3.29. The molecule has 0 N–H and O–H groups in total. The monoisotopic (exact) mass is 166 g/mol. The molecule has 3 heteroatoms. The van der Waals surface area contributed by atoms with Gasteiger partial charge in [-0.3, -0.25) is 0 Å². The van der Waals surface area contributed by atoms with Crippen LogP contribution in [0.4, 0.5) is 0 Å². The van der Waals surface area contributed by atoms with Crippen LogP contribution in [-0.2, 0) is 0 Å². The maximum atomic E-state index is 3.88. The molecule has 1 nitrogen and oxygen atoms in total. The predicted molar refractivity (Wildman–Crippen MR) is 44.3 cm³/mol. The number of hydrogen-bond acceptors (Lipinski definition) is 3. The van der Waals surface area contributed by atoms with Crippen molar-refractivity contribution in [2.24, 2.45) is 0 Å². The van der Waals surface area contributed by atoms with Gasteiger partial charge in [0.2, 0.25) is 0 Å². The van der Waals surface area contributed by atoms with Crippen molar-refractivity contribution in [2.75, 3.05) is 0 Å². The first-order chi connectivity index (χ1) is 4.97. The van der Waals surface area contributed by atoms with Gasteiger partial charge in [0, 0.05) is 11.1 Å². The summed E-state index contributed by atoms with van der Waals surface area (Å²) in [6.07, 6.45) is 1.84. The number of nitrogens with zero attached hydrogens (tertiary/aromatic N) is 1. The van der Waals surface area contributed by atoms with Crippen LogP contribution in [0.25, 0.3) is 9.75 Å². The third kappa shape index (κ3) is 0.978. The second-order valence-electron chi connectivity index (χ2n) is 1.79. The molecule has 0 aliphatic heterocycles. The molecular formula is C7H4NS2. The van der Waals surface area contributed by atoms with Crippen molar-refractivity contribution in [3.63, 3.8) is 0 Å². The van der Waals surface area contributed by atoms with E-state index in [0.29, 0.717) is 0 Å². The number of aromatic nitrogens is 1. The van der Waals surface area contributed by atoms with Crippen LogP contribution in [0.15, 0.2) is 23.7 Å². The number of hydrogen-bond donors (Lipinski definition) is 0. The van der Waals surface area contributed by atoms with Crippen molar-refractivity contribution in [1.29, 1.82) is 0 Å². The highest BCUT2D eigenvalue weighted by atomic mass is 32.1. The van der Waals surface area contributed by atoms with Crippen LogP contribution < -0.4 is 0 Å². The molecule has 0 atom stereocenters. The van der Waals surface area contributed by atoms with Gasteiger partial charge in [-0.1, -0.05) is 6.07 Å². The van der Waals surface area contributed by atoms with E-state index in [1.807, 2.05) is 12.3 Å². The SMILES string of the molecule is [c]1ncc(-c2cccs2)s1. The lowest BCUT2D eigenvalue weighted by Crippen LogP contribution is -1.57. The van der Waals surface area contributed by atoms with E-state index in [9.17, 15) is 0 Å². The van der Waals surface area contributed by atoms with Gasteiger partial charge in [-0.15, -0.1) is 22.7 Å². The van der Waals surface area contributed by atoms with Gasteiger partial charge in [0.1, 0.15) is 0 Å². The minimum Gasteiger partial charge on any atom is -0.241 e. The van der Waals surface area contributed by atoms with Crippen LogP contribution in [0.3, 0.4) is 0 Å². The maximum absolute atomic E-state index is 3.88. The Hall–Kier alpha value is -0.670. The Kier molecular flexibility index (Phi) is 1.53. The zero-order chi connectivity index (χ0) is 6.81. The molecule has 0 unspecified atom stereocenters. The highest BCUT2D eigenvalue weighted by Crippen LogP contribution is 2.26. The Morgan fingerprint density at radius 3 is 3.00 bits per heavy atom. The smallest absolute Gasteiger partial charge is 0.152 e. The predicted octanol–water partition coefficient (Wildman–Crippen LogP) is 2.67. The molecule has 2 aromatic heterocycles. The van der Waals surface area contributed by atoms with E-state index in [0.717, 1.165) is 0 Å². The van der Waals surface area contributed by atoms with Crippen LogP contribution >= 0.6 is 22.7 Å². The van der Waals surface area contributed by atoms with Gasteiger partial charge >= 0.3 is 0 Å². The molecule has 0 bridgehead atoms. The van der Waals surface area contributed by atoms with E-state index in [-0.39, 0.29) is 0 Å². The molecule has 0 spiro atoms. The number of thiophene rings is 1. The molecule has 49 valence electrons. The Labute approximate surface area is 67.0 Å². The minimum absolute atomic E-state index is 1.20. The fourth-order valence-corrected chi connectivity index (χ4v) is 2.10. The van der Waals surface area contributed by atoms with Gasteiger partial charge in [0.25, 0.3) is 0 Å². The fraction of sp³-hybridized carbons (Fsp3) is 0. The lowest BCUT2D eigenvalue weighted by molar-refractivity contribution is 1.41. The van der Waals surface area contributed by atoms with Crippen molar-refractivity contribution in [2.45, 2.75) is 0 Å². The summed E-state index contributed by atoms with van der Waals surface area (Å²) in [6, 6.07) is 4.13. The molecule has 0 aliphatic rings. The zero-order valence-corrected chi connectivity index (χ0v) is 6.71. The largest absolute Gasteiger partial charge is 0.241 e. The summed E-state index contributed by atoms with van der Waals surface area (Å²) in [5.74, 6) is 0. The normalized spacial score (nSPS) is 10.0. The van der Waals surface area contributed by atoms with Gasteiger partial charge in [-0.2, -0.15) is 0 Å². The average Bonchev–Trinajstić information content (AvgIpc) is 2.59. The van der Waals surface area contributed by atoms with Gasteiger partial charge in [0.05, 0.1) is 4.88 Å². The van der Waals surface area contributed by atoms with Crippen molar-refractivity contribution >= 4 is 22.7 Å². The standard InChI is InChI=1S/C7H4NS2/c1-2-6(9-3-1)7-4-8-5-10-7/h1-4H. The average molecular weight is 166 g/mol. The van der Waals surface area contributed by atoms with Crippen molar-refractivity contribution < 1.29 is 0 Å². The van der Waals surface area contributed by atoms with Crippen LogP contribution in [0.1, 0.15) is 0 Å². The van der Waals surface area contributed by atoms with E-state index in [1.54, 1.807) is 22.7 Å². The number of thiazole rings is 1. The quantitative estimate of drug-likeness (QED) is 0.634. The maximum Gasteiger partial charge on any atom is 0.152 e. The summed E-state index contributed by atoms with van der Waals surface area (Å²) in [6.45, 7) is 0. The molecule has 0 aromatic carbocycles. The first-order valence-electron chi connectivity index (χ1n) is 2.82. The van der Waals surface area contributed by atoms with E-state index in [2.05, 4.69) is 21.9 Å². The Morgan fingerprint density at radius 2 is 2.40 bits per heavy atom. The fourth-order valence-electron chi connectivity index (χ4n) is 0.720. The topological polar surface area (TPSA) is 12.9 Å². The van der Waals surface area contributed by atoms with Gasteiger partial charge in [-0.05, 0) is 11.4 Å². The summed E-state index contributed by atoms with van der Waals surface area (Å²) in [4.78, 5) is 6.36. The van der Waals surface area contributed by atoms with E-state index in [1.165, 1.54) is 9.75 Å². The molecular weight excluding hydrogens is 162 g/mol. The van der Waals surface area contributed by atoms with Crippen molar-refractivity contribution in [3.8, 4) is 9.75 Å². The van der Waals surface area contributed by atoms with E-state index >= 15 is 0 Å². The second kappa shape index (κ2) is 2.52. The summed E-state index contributed by atoms with van der Waals surface area (Å²) in [5.41, 5.74) is 2.82. The molecule has 1 radical (unpaired) electrons. The molecule has 10 heavy (non-hydrogen) atoms. The molecule has 0 saturated heterocycles. The molecule has 0 saturated carbocycles. The van der Waals surface area contributed by atoms with Crippen molar-refractivity contribution in [1.82, 2.24) is 4.98 Å². The van der Waals surface area contributed by atoms with Crippen LogP contribution in [-0.4, -0.2) is 4.98 Å². The van der Waals surface area contributed by atoms with Crippen molar-refractivity contribution in [3.05, 3.63) is 29.2 Å².